The molecule has 1 heterocycles. The molecule has 1 aliphatic heterocycles. The van der Waals surface area contributed by atoms with Gasteiger partial charge in [0, 0.05) is 26.2 Å². The number of benzene rings is 1. The largest absolute Gasteiger partial charge is 0.408 e. The van der Waals surface area contributed by atoms with Crippen molar-refractivity contribution in [2.75, 3.05) is 26.2 Å². The van der Waals surface area contributed by atoms with Crippen molar-refractivity contribution < 1.29 is 35.1 Å². The van der Waals surface area contributed by atoms with Crippen LogP contribution in [-0.4, -0.2) is 37.3 Å². The molecule has 2 nitrogen and oxygen atoms in total. The molecule has 0 aromatic heterocycles. The van der Waals surface area contributed by atoms with Gasteiger partial charge in [0.1, 0.15) is 6.04 Å². The molecule has 1 aliphatic rings. The van der Waals surface area contributed by atoms with E-state index < -0.39 is 46.9 Å². The maximum Gasteiger partial charge on any atom is 0.408 e. The Morgan fingerprint density at radius 1 is 0.750 bits per heavy atom. The number of alkyl halides is 3. The lowest BCUT2D eigenvalue weighted by Crippen LogP contribution is -2.49. The quantitative estimate of drug-likeness (QED) is 0.457. The number of nitrogens with one attached hydrogen (secondary N) is 1. The van der Waals surface area contributed by atoms with Gasteiger partial charge in [-0.15, -0.1) is 24.8 Å². The number of nitrogens with zero attached hydrogens (tertiary/aromatic N) is 1. The van der Waals surface area contributed by atoms with Crippen LogP contribution >= 0.6 is 24.8 Å². The van der Waals surface area contributed by atoms with Gasteiger partial charge in [-0.05, 0) is 0 Å². The second-order valence-corrected chi connectivity index (χ2v) is 4.71. The molecule has 0 unspecified atom stereocenters. The first-order valence-electron chi connectivity index (χ1n) is 6.19. The van der Waals surface area contributed by atoms with Crippen LogP contribution < -0.4 is 5.32 Å². The predicted molar refractivity (Wildman–Crippen MR) is 74.0 cm³/mol. The standard InChI is InChI=1S/C12H10F8N2.2ClH/c13-6-5(7(14)9(16)10(17)8(6)15)11(12(18,19)20)22-3-1-21-2-4-22;;/h11,21H,1-4H2;2*1H/t11-;;/m1../s1. The van der Waals surface area contributed by atoms with Crippen LogP contribution in [0, 0.1) is 29.1 Å². The topological polar surface area (TPSA) is 15.3 Å². The highest BCUT2D eigenvalue weighted by Crippen LogP contribution is 2.41. The summed E-state index contributed by atoms with van der Waals surface area (Å²) in [6, 6.07) is -2.90. The van der Waals surface area contributed by atoms with Crippen molar-refractivity contribution in [3.63, 3.8) is 0 Å². The summed E-state index contributed by atoms with van der Waals surface area (Å²) in [4.78, 5) is 0.634. The number of piperazine rings is 1. The summed E-state index contributed by atoms with van der Waals surface area (Å²) in [5.41, 5.74) is -1.87. The first-order chi connectivity index (χ1) is 10.2. The Labute approximate surface area is 144 Å². The average molecular weight is 407 g/mol. The van der Waals surface area contributed by atoms with Gasteiger partial charge in [-0.3, -0.25) is 4.90 Å². The van der Waals surface area contributed by atoms with E-state index in [1.165, 1.54) is 0 Å². The number of hydrogen-bond acceptors (Lipinski definition) is 2. The number of hydrogen-bond donors (Lipinski definition) is 1. The Balaban J connectivity index is 0.00000264. The van der Waals surface area contributed by atoms with Gasteiger partial charge in [-0.2, -0.15) is 13.2 Å². The van der Waals surface area contributed by atoms with Gasteiger partial charge in [-0.1, -0.05) is 0 Å². The van der Waals surface area contributed by atoms with Gasteiger partial charge in [0.2, 0.25) is 5.82 Å². The minimum atomic E-state index is -5.20. The smallest absolute Gasteiger partial charge is 0.314 e. The van der Waals surface area contributed by atoms with Crippen molar-refractivity contribution >= 4 is 24.8 Å². The van der Waals surface area contributed by atoms with Gasteiger partial charge in [0.15, 0.2) is 23.3 Å². The van der Waals surface area contributed by atoms with Gasteiger partial charge >= 0.3 is 6.18 Å². The van der Waals surface area contributed by atoms with Crippen LogP contribution in [0.2, 0.25) is 0 Å². The molecular formula is C12H12Cl2F8N2. The molecule has 1 fully saturated rings. The Hall–Kier alpha value is -0.840. The second kappa shape index (κ2) is 8.50. The molecule has 24 heavy (non-hydrogen) atoms. The maximum absolute atomic E-state index is 13.7. The molecule has 0 radical (unpaired) electrons. The van der Waals surface area contributed by atoms with Crippen LogP contribution in [0.5, 0.6) is 0 Å². The molecular weight excluding hydrogens is 395 g/mol. The first kappa shape index (κ1) is 23.2. The van der Waals surface area contributed by atoms with Crippen molar-refractivity contribution in [3.8, 4) is 0 Å². The summed E-state index contributed by atoms with van der Waals surface area (Å²) in [6.07, 6.45) is -5.20. The van der Waals surface area contributed by atoms with Gasteiger partial charge in [-0.25, -0.2) is 22.0 Å². The Morgan fingerprint density at radius 3 is 1.50 bits per heavy atom. The number of rotatable bonds is 2. The third kappa shape index (κ3) is 4.22. The summed E-state index contributed by atoms with van der Waals surface area (Å²) in [5.74, 6) is -12.2. The highest BCUT2D eigenvalue weighted by atomic mass is 35.5. The third-order valence-electron chi connectivity index (χ3n) is 3.34. The zero-order valence-corrected chi connectivity index (χ0v) is 13.3. The van der Waals surface area contributed by atoms with Crippen molar-refractivity contribution in [1.29, 1.82) is 0 Å². The molecule has 0 saturated carbocycles. The molecule has 1 aromatic rings. The van der Waals surface area contributed by atoms with Crippen molar-refractivity contribution in [3.05, 3.63) is 34.6 Å². The highest BCUT2D eigenvalue weighted by molar-refractivity contribution is 5.85. The normalized spacial score (nSPS) is 17.0. The van der Waals surface area contributed by atoms with Crippen molar-refractivity contribution in [2.24, 2.45) is 0 Å². The monoisotopic (exact) mass is 406 g/mol. The Morgan fingerprint density at radius 2 is 1.12 bits per heavy atom. The first-order valence-corrected chi connectivity index (χ1v) is 6.19. The Kier molecular flexibility index (Phi) is 8.21. The zero-order valence-electron chi connectivity index (χ0n) is 11.7. The summed E-state index contributed by atoms with van der Waals surface area (Å²) in [5, 5.41) is 2.73. The molecule has 1 atom stereocenters. The molecule has 0 amide bonds. The number of halogens is 10. The molecule has 1 saturated heterocycles. The van der Waals surface area contributed by atoms with E-state index in [2.05, 4.69) is 5.32 Å². The van der Waals surface area contributed by atoms with E-state index in [0.717, 1.165) is 0 Å². The highest BCUT2D eigenvalue weighted by Gasteiger charge is 2.49. The molecule has 0 spiro atoms. The minimum Gasteiger partial charge on any atom is -0.314 e. The SMILES string of the molecule is Cl.Cl.Fc1c(F)c(F)c([C@@H](N2CCNCC2)C(F)(F)F)c(F)c1F. The average Bonchev–Trinajstić information content (AvgIpc) is 2.47. The van der Waals surface area contributed by atoms with E-state index in [9.17, 15) is 35.1 Å². The van der Waals surface area contributed by atoms with Crippen molar-refractivity contribution in [1.82, 2.24) is 10.2 Å². The lowest BCUT2D eigenvalue weighted by atomic mass is 10.0. The van der Waals surface area contributed by atoms with Crippen LogP contribution in [0.25, 0.3) is 0 Å². The zero-order chi connectivity index (χ0) is 16.7. The van der Waals surface area contributed by atoms with Crippen LogP contribution in [0.1, 0.15) is 11.6 Å². The van der Waals surface area contributed by atoms with Gasteiger partial charge in [0.25, 0.3) is 0 Å². The summed E-state index contributed by atoms with van der Waals surface area (Å²) >= 11 is 0. The molecule has 12 heteroatoms. The fourth-order valence-corrected chi connectivity index (χ4v) is 2.36. The van der Waals surface area contributed by atoms with Crippen LogP contribution in [0.3, 0.4) is 0 Å². The lowest BCUT2D eigenvalue weighted by Gasteiger charge is -2.36. The summed E-state index contributed by atoms with van der Waals surface area (Å²) in [7, 11) is 0. The molecule has 1 aromatic carbocycles. The maximum atomic E-state index is 13.7. The van der Waals surface area contributed by atoms with E-state index in [1.807, 2.05) is 0 Å². The molecule has 0 aliphatic carbocycles. The predicted octanol–water partition coefficient (Wildman–Crippen LogP) is 3.73. The molecule has 140 valence electrons. The third-order valence-corrected chi connectivity index (χ3v) is 3.34. The van der Waals surface area contributed by atoms with Gasteiger partial charge in [0.05, 0.1) is 5.56 Å². The van der Waals surface area contributed by atoms with E-state index in [0.29, 0.717) is 4.90 Å². The van der Waals surface area contributed by atoms with E-state index >= 15 is 0 Å². The van der Waals surface area contributed by atoms with Crippen LogP contribution in [0.4, 0.5) is 35.1 Å². The minimum absolute atomic E-state index is 0. The summed E-state index contributed by atoms with van der Waals surface area (Å²) in [6.45, 7) is -0.294. The van der Waals surface area contributed by atoms with E-state index in [4.69, 9.17) is 0 Å². The van der Waals surface area contributed by atoms with Crippen LogP contribution in [-0.2, 0) is 0 Å². The van der Waals surface area contributed by atoms with Crippen molar-refractivity contribution in [2.45, 2.75) is 12.2 Å². The Bertz CT molecular complexity index is 546. The van der Waals surface area contributed by atoms with Crippen LogP contribution in [0.15, 0.2) is 0 Å². The van der Waals surface area contributed by atoms with E-state index in [1.54, 1.807) is 0 Å². The molecule has 1 N–H and O–H groups in total. The summed E-state index contributed by atoms with van der Waals surface area (Å²) < 4.78 is 106. The fraction of sp³-hybridized carbons (Fsp3) is 0.500. The van der Waals surface area contributed by atoms with Gasteiger partial charge < -0.3 is 5.32 Å². The fourth-order valence-electron chi connectivity index (χ4n) is 2.36. The second-order valence-electron chi connectivity index (χ2n) is 4.71. The van der Waals surface area contributed by atoms with E-state index in [-0.39, 0.29) is 51.0 Å². The molecule has 2 rings (SSSR count). The molecule has 0 bridgehead atoms. The lowest BCUT2D eigenvalue weighted by molar-refractivity contribution is -0.189.